The van der Waals surface area contributed by atoms with Crippen molar-refractivity contribution in [3.63, 3.8) is 0 Å². The second-order valence-electron chi connectivity index (χ2n) is 10.4. The summed E-state index contributed by atoms with van der Waals surface area (Å²) in [6.07, 6.45) is 10.6. The first-order valence-corrected chi connectivity index (χ1v) is 14.0. The molecule has 198 valence electrons. The van der Waals surface area contributed by atoms with Crippen LogP contribution < -0.4 is 10.7 Å². The van der Waals surface area contributed by atoms with Gasteiger partial charge in [-0.1, -0.05) is 78.9 Å². The smallest absolute Gasteiger partial charge is 0.188 e. The zero-order valence-corrected chi connectivity index (χ0v) is 22.7. The maximum atomic E-state index is 5.00. The number of nitrogens with one attached hydrogen (secondary N) is 2. The van der Waals surface area contributed by atoms with Gasteiger partial charge in [0.1, 0.15) is 0 Å². The van der Waals surface area contributed by atoms with E-state index >= 15 is 0 Å². The highest BCUT2D eigenvalue weighted by atomic mass is 15.4. The number of allylic oxidation sites excluding steroid dienone is 4. The molecule has 41 heavy (non-hydrogen) atoms. The number of nitrogens with zero attached hydrogens (tertiary/aromatic N) is 4. The molecular weight excluding hydrogens is 504 g/mol. The van der Waals surface area contributed by atoms with Gasteiger partial charge in [-0.05, 0) is 43.2 Å². The molecule has 2 N–H and O–H groups in total. The summed E-state index contributed by atoms with van der Waals surface area (Å²) >= 11 is 0. The molecule has 1 aliphatic rings. The Morgan fingerprint density at radius 2 is 1.41 bits per heavy atom. The molecule has 1 aliphatic carbocycles. The molecule has 6 heteroatoms. The van der Waals surface area contributed by atoms with Gasteiger partial charge in [0.15, 0.2) is 11.6 Å². The van der Waals surface area contributed by atoms with Crippen molar-refractivity contribution >= 4 is 60.9 Å². The molecule has 0 saturated carbocycles. The molecule has 4 aromatic carbocycles. The molecule has 0 bridgehead atoms. The third kappa shape index (κ3) is 3.64. The van der Waals surface area contributed by atoms with Crippen LogP contribution in [0.3, 0.4) is 0 Å². The average molecular weight is 533 g/mol. The summed E-state index contributed by atoms with van der Waals surface area (Å²) in [5.74, 6) is 1.35. The molecule has 6 nitrogen and oxygen atoms in total. The van der Waals surface area contributed by atoms with Crippen LogP contribution >= 0.6 is 0 Å². The Labute approximate surface area is 237 Å². The Hall–Kier alpha value is -5.36. The van der Waals surface area contributed by atoms with Crippen molar-refractivity contribution in [2.45, 2.75) is 12.8 Å². The van der Waals surface area contributed by atoms with Crippen LogP contribution in [0.4, 0.5) is 11.6 Å². The first kappa shape index (κ1) is 23.5. The summed E-state index contributed by atoms with van der Waals surface area (Å²) < 4.78 is 4.60. The maximum absolute atomic E-state index is 5.00. The van der Waals surface area contributed by atoms with Gasteiger partial charge in [-0.3, -0.25) is 10.1 Å². The van der Waals surface area contributed by atoms with Gasteiger partial charge in [0.2, 0.25) is 0 Å². The summed E-state index contributed by atoms with van der Waals surface area (Å²) in [6, 6.07) is 32.0. The van der Waals surface area contributed by atoms with E-state index in [1.165, 1.54) is 38.3 Å². The van der Waals surface area contributed by atoms with Crippen molar-refractivity contribution in [3.05, 3.63) is 115 Å². The molecule has 0 amide bonds. The Balaban J connectivity index is 1.41. The fourth-order valence-corrected chi connectivity index (χ4v) is 6.23. The van der Waals surface area contributed by atoms with Crippen LogP contribution in [0.25, 0.3) is 60.6 Å². The normalized spacial score (nSPS) is 13.3. The molecule has 0 unspecified atom stereocenters. The first-order valence-electron chi connectivity index (χ1n) is 14.0. The SMILES string of the molecule is CNc1ncc(-c2ccccc2)nc1Nn1c2ccccc2c2c3c4ccccc4n(C4=CC=CCC4)c3ccc21. The summed E-state index contributed by atoms with van der Waals surface area (Å²) in [5.41, 5.74) is 11.4. The quantitative estimate of drug-likeness (QED) is 0.233. The Morgan fingerprint density at radius 1 is 0.707 bits per heavy atom. The van der Waals surface area contributed by atoms with E-state index in [2.05, 4.69) is 111 Å². The van der Waals surface area contributed by atoms with Gasteiger partial charge in [0.05, 0.1) is 34.0 Å². The fourth-order valence-electron chi connectivity index (χ4n) is 6.23. The summed E-state index contributed by atoms with van der Waals surface area (Å²) in [6.45, 7) is 0. The fraction of sp³-hybridized carbons (Fsp3) is 0.0857. The summed E-state index contributed by atoms with van der Waals surface area (Å²) in [4.78, 5) is 9.70. The van der Waals surface area contributed by atoms with Gasteiger partial charge in [-0.25, -0.2) is 9.97 Å². The van der Waals surface area contributed by atoms with Gasteiger partial charge < -0.3 is 9.88 Å². The monoisotopic (exact) mass is 532 g/mol. The van der Waals surface area contributed by atoms with Crippen molar-refractivity contribution in [3.8, 4) is 11.3 Å². The van der Waals surface area contributed by atoms with E-state index in [0.717, 1.165) is 35.1 Å². The van der Waals surface area contributed by atoms with E-state index in [0.29, 0.717) is 11.6 Å². The van der Waals surface area contributed by atoms with Gasteiger partial charge in [-0.2, -0.15) is 0 Å². The summed E-state index contributed by atoms with van der Waals surface area (Å²) in [5, 5.41) is 8.16. The minimum Gasteiger partial charge on any atom is -0.370 e. The number of anilines is 2. The molecule has 8 rings (SSSR count). The zero-order valence-electron chi connectivity index (χ0n) is 22.7. The van der Waals surface area contributed by atoms with Crippen LogP contribution in [0.1, 0.15) is 12.8 Å². The number of benzene rings is 4. The predicted molar refractivity (Wildman–Crippen MR) is 171 cm³/mol. The minimum atomic E-state index is 0.665. The van der Waals surface area contributed by atoms with E-state index in [1.54, 1.807) is 0 Å². The maximum Gasteiger partial charge on any atom is 0.188 e. The van der Waals surface area contributed by atoms with Crippen LogP contribution in [0, 0.1) is 0 Å². The van der Waals surface area contributed by atoms with Crippen molar-refractivity contribution < 1.29 is 0 Å². The second kappa shape index (κ2) is 9.38. The number of para-hydroxylation sites is 2. The minimum absolute atomic E-state index is 0.665. The van der Waals surface area contributed by atoms with Gasteiger partial charge >= 0.3 is 0 Å². The Kier molecular flexibility index (Phi) is 5.38. The van der Waals surface area contributed by atoms with Crippen molar-refractivity contribution in [1.29, 1.82) is 0 Å². The van der Waals surface area contributed by atoms with Crippen LogP contribution in [0.15, 0.2) is 115 Å². The van der Waals surface area contributed by atoms with Crippen LogP contribution in [0.2, 0.25) is 0 Å². The number of aromatic nitrogens is 4. The second-order valence-corrected chi connectivity index (χ2v) is 10.4. The van der Waals surface area contributed by atoms with Crippen molar-refractivity contribution in [2.75, 3.05) is 17.8 Å². The van der Waals surface area contributed by atoms with Crippen molar-refractivity contribution in [1.82, 2.24) is 19.2 Å². The molecule has 0 atom stereocenters. The number of fused-ring (bicyclic) bond motifs is 7. The zero-order chi connectivity index (χ0) is 27.3. The molecule has 3 aromatic heterocycles. The highest BCUT2D eigenvalue weighted by molar-refractivity contribution is 6.28. The number of hydrogen-bond acceptors (Lipinski definition) is 4. The van der Waals surface area contributed by atoms with E-state index in [-0.39, 0.29) is 0 Å². The number of hydrogen-bond donors (Lipinski definition) is 2. The van der Waals surface area contributed by atoms with Gasteiger partial charge in [0.25, 0.3) is 0 Å². The lowest BCUT2D eigenvalue weighted by atomic mass is 10.1. The highest BCUT2D eigenvalue weighted by Gasteiger charge is 2.21. The molecule has 0 radical (unpaired) electrons. The Morgan fingerprint density at radius 3 is 2.20 bits per heavy atom. The number of rotatable bonds is 5. The highest BCUT2D eigenvalue weighted by Crippen LogP contribution is 2.42. The third-order valence-corrected chi connectivity index (χ3v) is 8.05. The van der Waals surface area contributed by atoms with Gasteiger partial charge in [-0.15, -0.1) is 0 Å². The molecule has 0 aliphatic heterocycles. The van der Waals surface area contributed by atoms with Crippen LogP contribution in [-0.4, -0.2) is 26.3 Å². The lowest BCUT2D eigenvalue weighted by Gasteiger charge is -2.15. The van der Waals surface area contributed by atoms with E-state index in [4.69, 9.17) is 9.97 Å². The Bertz CT molecular complexity index is 2160. The van der Waals surface area contributed by atoms with Crippen molar-refractivity contribution in [2.24, 2.45) is 0 Å². The standard InChI is InChI=1S/C35H28N6/c1-36-34-35(38-27(22-37-34)23-12-4-2-5-13-23)39-41-29-19-11-9-17-26(29)33-31(41)21-20-30-32(33)25-16-8-10-18-28(25)40(30)24-14-6-3-7-15-24/h2-6,8-14,16-22H,7,15H2,1H3,(H,36,37)(H,38,39). The average Bonchev–Trinajstić information content (AvgIpc) is 3.54. The predicted octanol–water partition coefficient (Wildman–Crippen LogP) is 8.47. The topological polar surface area (TPSA) is 59.7 Å². The molecular formula is C35H28N6. The van der Waals surface area contributed by atoms with E-state index in [9.17, 15) is 0 Å². The van der Waals surface area contributed by atoms with E-state index in [1.807, 2.05) is 31.4 Å². The largest absolute Gasteiger partial charge is 0.370 e. The van der Waals surface area contributed by atoms with Gasteiger partial charge in [0, 0.05) is 39.9 Å². The molecule has 0 saturated heterocycles. The lowest BCUT2D eigenvalue weighted by Crippen LogP contribution is -2.13. The van der Waals surface area contributed by atoms with E-state index < -0.39 is 0 Å². The molecule has 3 heterocycles. The molecule has 0 spiro atoms. The first-order chi connectivity index (χ1) is 20.3. The molecule has 7 aromatic rings. The third-order valence-electron chi connectivity index (χ3n) is 8.05. The van der Waals surface area contributed by atoms with Crippen LogP contribution in [-0.2, 0) is 0 Å². The van der Waals surface area contributed by atoms with Crippen LogP contribution in [0.5, 0.6) is 0 Å². The lowest BCUT2D eigenvalue weighted by molar-refractivity contribution is 0.979. The summed E-state index contributed by atoms with van der Waals surface area (Å²) in [7, 11) is 1.87. The molecule has 0 fully saturated rings.